The van der Waals surface area contributed by atoms with Crippen molar-refractivity contribution >= 4 is 17.2 Å². The lowest BCUT2D eigenvalue weighted by molar-refractivity contribution is -0.180. The van der Waals surface area contributed by atoms with Gasteiger partial charge in [0.15, 0.2) is 6.10 Å². The van der Waals surface area contributed by atoms with Crippen molar-refractivity contribution < 1.29 is 9.53 Å². The Bertz CT molecular complexity index is 789. The molecule has 2 fully saturated rings. The van der Waals surface area contributed by atoms with Crippen molar-refractivity contribution in [3.05, 3.63) is 40.6 Å². The zero-order valence-electron chi connectivity index (χ0n) is 15.5. The van der Waals surface area contributed by atoms with Gasteiger partial charge in [0.05, 0.1) is 6.54 Å². The van der Waals surface area contributed by atoms with Crippen LogP contribution < -0.4 is 0 Å². The van der Waals surface area contributed by atoms with Crippen LogP contribution in [0.2, 0.25) is 0 Å². The van der Waals surface area contributed by atoms with E-state index in [2.05, 4.69) is 32.0 Å². The number of piperidine rings is 1. The standard InChI is InChI=1S/C20H26N4O2S/c25-18(23-8-1-2-9-23)17-15-24-12-7-21-19(24)20(26-17)5-10-22(11-6-20)14-16-4-3-13-27-16/h3-4,7,12-13,17H,1-2,5-6,8-11,14-15H2/t17-/m0/s1. The summed E-state index contributed by atoms with van der Waals surface area (Å²) < 4.78 is 8.71. The van der Waals surface area contributed by atoms with E-state index in [1.165, 1.54) is 4.88 Å². The SMILES string of the molecule is O=C([C@@H]1Cn2ccnc2C2(CCN(Cc3cccs3)CC2)O1)N1CCCC1. The Hall–Kier alpha value is -1.70. The molecule has 1 spiro atoms. The van der Waals surface area contributed by atoms with Gasteiger partial charge in [0, 0.05) is 50.0 Å². The van der Waals surface area contributed by atoms with Crippen molar-refractivity contribution in [2.45, 2.75) is 50.5 Å². The minimum atomic E-state index is -0.423. The maximum absolute atomic E-state index is 13.0. The molecule has 0 aliphatic carbocycles. The first-order chi connectivity index (χ1) is 13.2. The van der Waals surface area contributed by atoms with Crippen LogP contribution in [0.25, 0.3) is 0 Å². The highest BCUT2D eigenvalue weighted by atomic mass is 32.1. The maximum atomic E-state index is 13.0. The zero-order chi connectivity index (χ0) is 18.3. The molecule has 2 aromatic rings. The van der Waals surface area contributed by atoms with Gasteiger partial charge < -0.3 is 14.2 Å². The number of nitrogens with zero attached hydrogens (tertiary/aromatic N) is 4. The highest BCUT2D eigenvalue weighted by Gasteiger charge is 2.47. The molecule has 144 valence electrons. The van der Waals surface area contributed by atoms with Crippen LogP contribution in [0.15, 0.2) is 29.9 Å². The van der Waals surface area contributed by atoms with E-state index >= 15 is 0 Å². The lowest BCUT2D eigenvalue weighted by atomic mass is 9.88. The van der Waals surface area contributed by atoms with Gasteiger partial charge in [-0.05, 0) is 37.1 Å². The number of thiophene rings is 1. The molecule has 3 aliphatic rings. The molecule has 1 amide bonds. The Labute approximate surface area is 163 Å². The number of aromatic nitrogens is 2. The summed E-state index contributed by atoms with van der Waals surface area (Å²) in [6, 6.07) is 4.31. The number of rotatable bonds is 3. The molecule has 2 saturated heterocycles. The van der Waals surface area contributed by atoms with Gasteiger partial charge >= 0.3 is 0 Å². The van der Waals surface area contributed by atoms with E-state index < -0.39 is 5.60 Å². The number of hydrogen-bond donors (Lipinski definition) is 0. The van der Waals surface area contributed by atoms with Crippen molar-refractivity contribution in [3.63, 3.8) is 0 Å². The minimum absolute atomic E-state index is 0.159. The summed E-state index contributed by atoms with van der Waals surface area (Å²) in [6.07, 6.45) is 7.46. The summed E-state index contributed by atoms with van der Waals surface area (Å²) in [4.78, 5) is 23.5. The first-order valence-electron chi connectivity index (χ1n) is 9.96. The molecule has 0 N–H and O–H groups in total. The Morgan fingerprint density at radius 1 is 1.26 bits per heavy atom. The van der Waals surface area contributed by atoms with Crippen LogP contribution in [0, 0.1) is 0 Å². The van der Waals surface area contributed by atoms with Crippen molar-refractivity contribution in [1.82, 2.24) is 19.4 Å². The maximum Gasteiger partial charge on any atom is 0.253 e. The molecule has 0 radical (unpaired) electrons. The Kier molecular flexibility index (Phi) is 4.53. The van der Waals surface area contributed by atoms with Gasteiger partial charge in [-0.25, -0.2) is 4.98 Å². The second-order valence-electron chi connectivity index (χ2n) is 7.89. The smallest absolute Gasteiger partial charge is 0.253 e. The van der Waals surface area contributed by atoms with Gasteiger partial charge in [-0.3, -0.25) is 9.69 Å². The predicted octanol–water partition coefficient (Wildman–Crippen LogP) is 2.46. The third-order valence-corrected chi connectivity index (χ3v) is 7.03. The number of hydrogen-bond acceptors (Lipinski definition) is 5. The Balaban J connectivity index is 1.33. The normalized spacial score (nSPS) is 25.0. The van der Waals surface area contributed by atoms with Gasteiger partial charge in [-0.1, -0.05) is 6.07 Å². The summed E-state index contributed by atoms with van der Waals surface area (Å²) in [5.41, 5.74) is -0.423. The zero-order valence-corrected chi connectivity index (χ0v) is 16.4. The van der Waals surface area contributed by atoms with E-state index in [0.29, 0.717) is 6.54 Å². The predicted molar refractivity (Wildman–Crippen MR) is 103 cm³/mol. The number of amides is 1. The summed E-state index contributed by atoms with van der Waals surface area (Å²) >= 11 is 1.81. The fourth-order valence-electron chi connectivity index (χ4n) is 4.70. The third-order valence-electron chi connectivity index (χ3n) is 6.17. The molecule has 0 saturated carbocycles. The molecule has 0 aromatic carbocycles. The molecule has 5 heterocycles. The monoisotopic (exact) mass is 386 g/mol. The third kappa shape index (κ3) is 3.22. The van der Waals surface area contributed by atoms with Crippen LogP contribution in [0.1, 0.15) is 36.4 Å². The summed E-state index contributed by atoms with van der Waals surface area (Å²) in [5, 5.41) is 2.14. The van der Waals surface area contributed by atoms with Crippen LogP contribution in [-0.2, 0) is 28.2 Å². The molecule has 0 unspecified atom stereocenters. The van der Waals surface area contributed by atoms with Crippen LogP contribution in [0.4, 0.5) is 0 Å². The Morgan fingerprint density at radius 2 is 2.07 bits per heavy atom. The summed E-state index contributed by atoms with van der Waals surface area (Å²) in [5.74, 6) is 1.16. The fraction of sp³-hybridized carbons (Fsp3) is 0.600. The van der Waals surface area contributed by atoms with Gasteiger partial charge in [0.25, 0.3) is 5.91 Å². The van der Waals surface area contributed by atoms with Crippen LogP contribution in [0.3, 0.4) is 0 Å². The quantitative estimate of drug-likeness (QED) is 0.813. The number of likely N-dealkylation sites (tertiary alicyclic amines) is 2. The van der Waals surface area contributed by atoms with Crippen molar-refractivity contribution in [3.8, 4) is 0 Å². The van der Waals surface area contributed by atoms with Crippen molar-refractivity contribution in [2.24, 2.45) is 0 Å². The Morgan fingerprint density at radius 3 is 2.81 bits per heavy atom. The van der Waals surface area contributed by atoms with Crippen LogP contribution in [-0.4, -0.2) is 57.5 Å². The average molecular weight is 387 g/mol. The fourth-order valence-corrected chi connectivity index (χ4v) is 5.45. The first kappa shape index (κ1) is 17.4. The van der Waals surface area contributed by atoms with E-state index in [-0.39, 0.29) is 12.0 Å². The van der Waals surface area contributed by atoms with Gasteiger partial charge in [-0.2, -0.15) is 0 Å². The van der Waals surface area contributed by atoms with E-state index in [1.807, 2.05) is 28.6 Å². The number of carbonyl (C=O) groups excluding carboxylic acids is 1. The molecule has 7 heteroatoms. The molecule has 27 heavy (non-hydrogen) atoms. The lowest BCUT2D eigenvalue weighted by Crippen LogP contribution is -2.54. The molecule has 6 nitrogen and oxygen atoms in total. The molecule has 2 aromatic heterocycles. The summed E-state index contributed by atoms with van der Waals surface area (Å²) in [7, 11) is 0. The van der Waals surface area contributed by atoms with E-state index in [1.54, 1.807) is 0 Å². The lowest BCUT2D eigenvalue weighted by Gasteiger charge is -2.46. The van der Waals surface area contributed by atoms with Crippen molar-refractivity contribution in [2.75, 3.05) is 26.2 Å². The highest BCUT2D eigenvalue weighted by molar-refractivity contribution is 7.09. The number of fused-ring (bicyclic) bond motifs is 2. The van der Waals surface area contributed by atoms with Gasteiger partial charge in [0.2, 0.25) is 0 Å². The topological polar surface area (TPSA) is 50.6 Å². The van der Waals surface area contributed by atoms with E-state index in [0.717, 1.165) is 64.2 Å². The van der Waals surface area contributed by atoms with Crippen LogP contribution >= 0.6 is 11.3 Å². The largest absolute Gasteiger partial charge is 0.352 e. The first-order valence-corrected chi connectivity index (χ1v) is 10.8. The number of carbonyl (C=O) groups is 1. The number of imidazole rings is 1. The van der Waals surface area contributed by atoms with E-state index in [4.69, 9.17) is 4.74 Å². The average Bonchev–Trinajstić information content (AvgIpc) is 3.45. The van der Waals surface area contributed by atoms with E-state index in [9.17, 15) is 4.79 Å². The molecular formula is C20H26N4O2S. The van der Waals surface area contributed by atoms with Crippen molar-refractivity contribution in [1.29, 1.82) is 0 Å². The van der Waals surface area contributed by atoms with Gasteiger partial charge in [-0.15, -0.1) is 11.3 Å². The molecule has 5 rings (SSSR count). The second kappa shape index (κ2) is 7.04. The highest BCUT2D eigenvalue weighted by Crippen LogP contribution is 2.40. The molecule has 1 atom stereocenters. The molecular weight excluding hydrogens is 360 g/mol. The minimum Gasteiger partial charge on any atom is -0.352 e. The van der Waals surface area contributed by atoms with Gasteiger partial charge in [0.1, 0.15) is 11.4 Å². The molecule has 3 aliphatic heterocycles. The number of ether oxygens (including phenoxy) is 1. The molecule has 0 bridgehead atoms. The second-order valence-corrected chi connectivity index (χ2v) is 8.92. The van der Waals surface area contributed by atoms with Crippen LogP contribution in [0.5, 0.6) is 0 Å². The summed E-state index contributed by atoms with van der Waals surface area (Å²) in [6.45, 7) is 5.27.